The maximum absolute atomic E-state index is 12.9. The zero-order valence-corrected chi connectivity index (χ0v) is 17.4. The predicted molar refractivity (Wildman–Crippen MR) is 108 cm³/mol. The van der Waals surface area contributed by atoms with Crippen LogP contribution < -0.4 is 0 Å². The maximum Gasteiger partial charge on any atom is 0.308 e. The summed E-state index contributed by atoms with van der Waals surface area (Å²) in [5, 5.41) is 0.579. The third-order valence-corrected chi connectivity index (χ3v) is 7.44. The normalized spacial score (nSPS) is 32.8. The quantitative estimate of drug-likeness (QED) is 0.289. The summed E-state index contributed by atoms with van der Waals surface area (Å²) in [6.45, 7) is -0.487. The lowest BCUT2D eigenvalue weighted by molar-refractivity contribution is -0.145. The smallest absolute Gasteiger partial charge is 0.308 e. The number of esters is 1. The van der Waals surface area contributed by atoms with Crippen LogP contribution in [0, 0.1) is 35.5 Å². The number of likely N-dealkylation sites (tertiary alicyclic amines) is 1. The number of ketones is 1. The van der Waals surface area contributed by atoms with Crippen LogP contribution in [0.2, 0.25) is 10.0 Å². The lowest BCUT2D eigenvalue weighted by atomic mass is 9.63. The van der Waals surface area contributed by atoms with Gasteiger partial charge in [0.2, 0.25) is 17.6 Å². The van der Waals surface area contributed by atoms with Crippen molar-refractivity contribution in [2.75, 3.05) is 13.2 Å². The zero-order chi connectivity index (χ0) is 21.2. The van der Waals surface area contributed by atoms with E-state index in [0.717, 1.165) is 6.42 Å². The molecule has 6 nitrogen and oxygen atoms in total. The molecular formula is C22H19Cl2NO5. The molecule has 1 aromatic rings. The lowest BCUT2D eigenvalue weighted by Gasteiger charge is -2.37. The number of allylic oxidation sites excluding steroid dienone is 2. The molecule has 0 aromatic heterocycles. The van der Waals surface area contributed by atoms with Crippen molar-refractivity contribution in [2.45, 2.75) is 12.8 Å². The van der Waals surface area contributed by atoms with Crippen LogP contribution in [-0.2, 0) is 19.1 Å². The van der Waals surface area contributed by atoms with E-state index >= 15 is 0 Å². The van der Waals surface area contributed by atoms with Gasteiger partial charge >= 0.3 is 5.97 Å². The van der Waals surface area contributed by atoms with Crippen LogP contribution in [0.25, 0.3) is 0 Å². The van der Waals surface area contributed by atoms with E-state index in [1.165, 1.54) is 23.1 Å². The van der Waals surface area contributed by atoms with Gasteiger partial charge in [0.05, 0.1) is 23.3 Å². The molecule has 5 aliphatic rings. The van der Waals surface area contributed by atoms with Crippen LogP contribution >= 0.6 is 23.2 Å². The summed E-state index contributed by atoms with van der Waals surface area (Å²) in [5.41, 5.74) is 0.212. The van der Waals surface area contributed by atoms with Gasteiger partial charge in [0.25, 0.3) is 0 Å². The first-order valence-corrected chi connectivity index (χ1v) is 10.8. The molecule has 6 atom stereocenters. The Bertz CT molecular complexity index is 969. The highest BCUT2D eigenvalue weighted by Gasteiger charge is 2.66. The molecule has 0 N–H and O–H groups in total. The largest absolute Gasteiger partial charge is 0.457 e. The summed E-state index contributed by atoms with van der Waals surface area (Å²) >= 11 is 11.8. The van der Waals surface area contributed by atoms with Crippen molar-refractivity contribution in [1.29, 1.82) is 0 Å². The standard InChI is InChI=1S/C22H19Cl2NO5/c23-10-1-2-13(16(24)7-10)17(26)9-30-18(27)5-6-25-21(28)19-11-3-4-12(15-8-14(11)15)20(19)22(25)29/h1-4,7,11-12,14-15,19-20H,5-6,8-9H2/t11-,12-,14-,15-,19-,20-/m1/s1. The molecule has 2 saturated carbocycles. The number of ether oxygens (including phenoxy) is 1. The summed E-state index contributed by atoms with van der Waals surface area (Å²) in [5.74, 6) is -0.624. The van der Waals surface area contributed by atoms with E-state index in [0.29, 0.717) is 16.9 Å². The number of imide groups is 1. The Morgan fingerprint density at radius 1 is 1.03 bits per heavy atom. The predicted octanol–water partition coefficient (Wildman–Crippen LogP) is 3.16. The Morgan fingerprint density at radius 3 is 2.27 bits per heavy atom. The molecule has 0 spiro atoms. The molecule has 30 heavy (non-hydrogen) atoms. The number of carbonyl (C=O) groups excluding carboxylic acids is 4. The minimum atomic E-state index is -0.646. The average Bonchev–Trinajstić information content (AvgIpc) is 3.49. The van der Waals surface area contributed by atoms with Crippen molar-refractivity contribution in [1.82, 2.24) is 4.90 Å². The van der Waals surface area contributed by atoms with E-state index in [2.05, 4.69) is 12.2 Å². The minimum Gasteiger partial charge on any atom is -0.457 e. The number of rotatable bonds is 6. The molecule has 0 radical (unpaired) electrons. The average molecular weight is 448 g/mol. The second-order valence-corrected chi connectivity index (χ2v) is 9.28. The van der Waals surface area contributed by atoms with Gasteiger partial charge in [-0.25, -0.2) is 0 Å². The van der Waals surface area contributed by atoms with Gasteiger partial charge in [-0.15, -0.1) is 0 Å². The second-order valence-electron chi connectivity index (χ2n) is 8.44. The Labute approximate surface area is 183 Å². The fourth-order valence-electron chi connectivity index (χ4n) is 5.45. The van der Waals surface area contributed by atoms with Crippen molar-refractivity contribution in [3.63, 3.8) is 0 Å². The molecule has 2 bridgehead atoms. The van der Waals surface area contributed by atoms with Gasteiger partial charge in [-0.3, -0.25) is 24.1 Å². The molecule has 2 amide bonds. The molecule has 1 aliphatic heterocycles. The molecule has 8 heteroatoms. The molecular weight excluding hydrogens is 429 g/mol. The molecule has 1 heterocycles. The van der Waals surface area contributed by atoms with E-state index in [1.807, 2.05) is 0 Å². The number of amides is 2. The number of Topliss-reactive ketones (excluding diaryl/α,β-unsaturated/α-hetero) is 1. The van der Waals surface area contributed by atoms with Crippen LogP contribution in [0.3, 0.4) is 0 Å². The first kappa shape index (κ1) is 19.8. The summed E-state index contributed by atoms with van der Waals surface area (Å²) in [7, 11) is 0. The first-order chi connectivity index (χ1) is 14.4. The van der Waals surface area contributed by atoms with Crippen LogP contribution in [0.5, 0.6) is 0 Å². The highest BCUT2D eigenvalue weighted by Crippen LogP contribution is 2.65. The van der Waals surface area contributed by atoms with Gasteiger partial charge in [-0.2, -0.15) is 0 Å². The van der Waals surface area contributed by atoms with Gasteiger partial charge in [-0.05, 0) is 48.3 Å². The maximum atomic E-state index is 12.9. The number of halogens is 2. The number of nitrogens with zero attached hydrogens (tertiary/aromatic N) is 1. The van der Waals surface area contributed by atoms with E-state index in [-0.39, 0.29) is 59.0 Å². The number of carbonyl (C=O) groups is 4. The van der Waals surface area contributed by atoms with Crippen molar-refractivity contribution in [3.8, 4) is 0 Å². The fourth-order valence-corrected chi connectivity index (χ4v) is 5.97. The fraction of sp³-hybridized carbons (Fsp3) is 0.455. The number of hydrogen-bond acceptors (Lipinski definition) is 5. The molecule has 1 aromatic carbocycles. The van der Waals surface area contributed by atoms with Crippen LogP contribution in [0.15, 0.2) is 30.4 Å². The molecule has 156 valence electrons. The first-order valence-electron chi connectivity index (χ1n) is 10.0. The molecule has 4 aliphatic carbocycles. The SMILES string of the molecule is O=C(CCN1C(=O)[C@@H]2[C@@H]3C=C[C@H]([C@H]4C[C@H]34)[C@H]2C1=O)OCC(=O)c1ccc(Cl)cc1Cl. The summed E-state index contributed by atoms with van der Waals surface area (Å²) in [6, 6.07) is 4.43. The topological polar surface area (TPSA) is 80.8 Å². The second kappa shape index (κ2) is 7.20. The van der Waals surface area contributed by atoms with E-state index < -0.39 is 18.4 Å². The van der Waals surface area contributed by atoms with Crippen LogP contribution in [-0.4, -0.2) is 41.6 Å². The minimum absolute atomic E-state index is 0.0197. The van der Waals surface area contributed by atoms with E-state index in [1.54, 1.807) is 0 Å². The van der Waals surface area contributed by atoms with Crippen molar-refractivity contribution >= 4 is 46.8 Å². The Balaban J connectivity index is 1.16. The zero-order valence-electron chi connectivity index (χ0n) is 15.9. The number of benzene rings is 1. The monoisotopic (exact) mass is 447 g/mol. The van der Waals surface area contributed by atoms with Crippen molar-refractivity contribution in [3.05, 3.63) is 46.0 Å². The molecule has 3 fully saturated rings. The molecule has 0 unspecified atom stereocenters. The summed E-state index contributed by atoms with van der Waals surface area (Å²) in [4.78, 5) is 51.3. The Morgan fingerprint density at radius 2 is 1.67 bits per heavy atom. The Hall–Kier alpha value is -2.18. The van der Waals surface area contributed by atoms with Gasteiger partial charge in [-0.1, -0.05) is 35.4 Å². The van der Waals surface area contributed by atoms with E-state index in [9.17, 15) is 19.2 Å². The van der Waals surface area contributed by atoms with Crippen molar-refractivity contribution < 1.29 is 23.9 Å². The van der Waals surface area contributed by atoms with Gasteiger partial charge in [0.1, 0.15) is 0 Å². The number of hydrogen-bond donors (Lipinski definition) is 0. The third-order valence-electron chi connectivity index (χ3n) is 6.89. The Kier molecular flexibility index (Phi) is 4.75. The van der Waals surface area contributed by atoms with Crippen LogP contribution in [0.4, 0.5) is 0 Å². The van der Waals surface area contributed by atoms with E-state index in [4.69, 9.17) is 27.9 Å². The molecule has 1 saturated heterocycles. The summed E-state index contributed by atoms with van der Waals surface area (Å²) in [6.07, 6.45) is 5.18. The van der Waals surface area contributed by atoms with Crippen LogP contribution in [0.1, 0.15) is 23.2 Å². The highest BCUT2D eigenvalue weighted by atomic mass is 35.5. The lowest BCUT2D eigenvalue weighted by Crippen LogP contribution is -2.40. The van der Waals surface area contributed by atoms with Gasteiger partial charge in [0.15, 0.2) is 6.61 Å². The highest BCUT2D eigenvalue weighted by molar-refractivity contribution is 6.36. The van der Waals surface area contributed by atoms with Gasteiger partial charge < -0.3 is 4.74 Å². The van der Waals surface area contributed by atoms with Crippen molar-refractivity contribution in [2.24, 2.45) is 35.5 Å². The molecule has 6 rings (SSSR count). The third kappa shape index (κ3) is 3.08. The summed E-state index contributed by atoms with van der Waals surface area (Å²) < 4.78 is 5.03. The van der Waals surface area contributed by atoms with Gasteiger partial charge in [0, 0.05) is 17.1 Å².